The number of carbonyl (C=O) groups is 4. The first-order valence-corrected chi connectivity index (χ1v) is 23.7. The molecule has 0 saturated heterocycles. The highest BCUT2D eigenvalue weighted by atomic mass is 16.6. The molecule has 5 aromatic carbocycles. The number of aliphatic carboxylic acids is 1. The molecule has 0 saturated carbocycles. The summed E-state index contributed by atoms with van der Waals surface area (Å²) in [5.41, 5.74) is 16.0. The molecule has 0 radical (unpaired) electrons. The zero-order valence-electron chi connectivity index (χ0n) is 42.0. The van der Waals surface area contributed by atoms with Gasteiger partial charge in [0.25, 0.3) is 0 Å². The molecule has 0 bridgehead atoms. The number of nitrogens with zero attached hydrogens (tertiary/aromatic N) is 2. The van der Waals surface area contributed by atoms with Crippen LogP contribution >= 0.6 is 0 Å². The molecule has 13 nitrogen and oxygen atoms in total. The number of amides is 3. The Hall–Kier alpha value is -8.06. The van der Waals surface area contributed by atoms with Crippen LogP contribution in [0.1, 0.15) is 86.3 Å². The number of H-pyrrole nitrogens is 2. The summed E-state index contributed by atoms with van der Waals surface area (Å²) in [7, 11) is 0. The van der Waals surface area contributed by atoms with E-state index in [-0.39, 0.29) is 18.1 Å². The van der Waals surface area contributed by atoms with Gasteiger partial charge >= 0.3 is 18.2 Å². The first kappa shape index (κ1) is 52.3. The Labute approximate surface area is 416 Å². The summed E-state index contributed by atoms with van der Waals surface area (Å²) in [6.07, 6.45) is 6.50. The standard InChI is InChI=1S/C32H36N4O3.C26H30N2O4/c1-22-25(26-12-5-7-14-28(26)34-22)18-19-36(31(38)39-32(2,3)4)21-24-11-9-10-23(20-24)16-17-30(37)35-29-15-8-6-13-27(29)33;1-18-21(22-10-5-6-11-23(22)27-18)14-15-28(25(31)32-26(2,3)4)17-20-9-7-8-19(16-20)12-13-24(29)30/h5-17,20,34H,18-19,21,33H2,1-4H3,(H,35,37);5-13,16,27H,14-15,17H2,1-4H3,(H,29,30)/b17-16+;13-12+. The number of ether oxygens (including phenoxy) is 2. The summed E-state index contributed by atoms with van der Waals surface area (Å²) < 4.78 is 11.4. The van der Waals surface area contributed by atoms with Gasteiger partial charge in [-0.25, -0.2) is 14.4 Å². The van der Waals surface area contributed by atoms with Gasteiger partial charge in [0, 0.05) is 71.5 Å². The van der Waals surface area contributed by atoms with Crippen LogP contribution in [0.25, 0.3) is 34.0 Å². The van der Waals surface area contributed by atoms with Crippen LogP contribution in [0.4, 0.5) is 21.0 Å². The molecule has 71 heavy (non-hydrogen) atoms. The van der Waals surface area contributed by atoms with Crippen molar-refractivity contribution in [3.05, 3.63) is 178 Å². The van der Waals surface area contributed by atoms with Gasteiger partial charge in [0.1, 0.15) is 11.2 Å². The number of nitrogens with two attached hydrogens (primary N) is 1. The molecule has 0 spiro atoms. The van der Waals surface area contributed by atoms with Crippen LogP contribution in [-0.4, -0.2) is 73.2 Å². The predicted octanol–water partition coefficient (Wildman–Crippen LogP) is 12.2. The Morgan fingerprint density at radius 2 is 1.04 bits per heavy atom. The van der Waals surface area contributed by atoms with Crippen molar-refractivity contribution in [1.29, 1.82) is 0 Å². The van der Waals surface area contributed by atoms with Gasteiger partial charge < -0.3 is 45.4 Å². The number of benzene rings is 5. The van der Waals surface area contributed by atoms with Crippen molar-refractivity contribution in [3.63, 3.8) is 0 Å². The molecule has 6 N–H and O–H groups in total. The molecule has 7 rings (SSSR count). The molecule has 0 fully saturated rings. The lowest BCUT2D eigenvalue weighted by Crippen LogP contribution is -2.37. The number of carboxylic acids is 1. The Morgan fingerprint density at radius 1 is 0.606 bits per heavy atom. The van der Waals surface area contributed by atoms with Gasteiger partial charge in [-0.3, -0.25) is 4.79 Å². The minimum absolute atomic E-state index is 0.275. The lowest BCUT2D eigenvalue weighted by atomic mass is 10.1. The van der Waals surface area contributed by atoms with E-state index in [1.54, 1.807) is 34.1 Å². The number of hydrogen-bond acceptors (Lipinski definition) is 7. The highest BCUT2D eigenvalue weighted by molar-refractivity contribution is 6.03. The molecule has 0 atom stereocenters. The lowest BCUT2D eigenvalue weighted by Gasteiger charge is -2.27. The number of nitrogens with one attached hydrogen (secondary N) is 3. The minimum atomic E-state index is -1.00. The molecule has 0 aliphatic heterocycles. The normalized spacial score (nSPS) is 11.7. The molecule has 13 heteroatoms. The quantitative estimate of drug-likeness (QED) is 0.0497. The van der Waals surface area contributed by atoms with Crippen LogP contribution in [0.2, 0.25) is 0 Å². The van der Waals surface area contributed by atoms with Crippen LogP contribution in [0, 0.1) is 13.8 Å². The van der Waals surface area contributed by atoms with Crippen LogP contribution in [-0.2, 0) is 45.0 Å². The first-order chi connectivity index (χ1) is 33.7. The fourth-order valence-corrected chi connectivity index (χ4v) is 8.09. The monoisotopic (exact) mass is 958 g/mol. The summed E-state index contributed by atoms with van der Waals surface area (Å²) in [4.78, 5) is 59.7. The number of hydrogen-bond donors (Lipinski definition) is 5. The molecular weight excluding hydrogens is 893 g/mol. The zero-order chi connectivity index (χ0) is 51.3. The predicted molar refractivity (Wildman–Crippen MR) is 285 cm³/mol. The smallest absolute Gasteiger partial charge is 0.410 e. The molecular formula is C58H66N6O7. The Morgan fingerprint density at radius 3 is 1.49 bits per heavy atom. The summed E-state index contributed by atoms with van der Waals surface area (Å²) in [5, 5.41) is 14.0. The molecule has 0 aliphatic rings. The van der Waals surface area contributed by atoms with E-state index in [0.717, 1.165) is 56.1 Å². The number of carboxylic acid groups (broad SMARTS) is 1. The van der Waals surface area contributed by atoms with Crippen LogP contribution in [0.5, 0.6) is 0 Å². The third-order valence-electron chi connectivity index (χ3n) is 11.3. The number of nitrogen functional groups attached to an aromatic ring is 1. The lowest BCUT2D eigenvalue weighted by molar-refractivity contribution is -0.131. The average molecular weight is 959 g/mol. The summed E-state index contributed by atoms with van der Waals surface area (Å²) in [6.45, 7) is 17.0. The van der Waals surface area contributed by atoms with E-state index in [4.69, 9.17) is 20.3 Å². The van der Waals surface area contributed by atoms with Crippen molar-refractivity contribution in [2.45, 2.75) is 92.5 Å². The van der Waals surface area contributed by atoms with Gasteiger partial charge in [-0.1, -0.05) is 84.9 Å². The number of fused-ring (bicyclic) bond motifs is 2. The van der Waals surface area contributed by atoms with Crippen LogP contribution in [0.15, 0.2) is 133 Å². The summed E-state index contributed by atoms with van der Waals surface area (Å²) in [5.74, 6) is -1.28. The number of anilines is 2. The third kappa shape index (κ3) is 15.7. The van der Waals surface area contributed by atoms with E-state index in [2.05, 4.69) is 40.4 Å². The van der Waals surface area contributed by atoms with Gasteiger partial charge in [0.2, 0.25) is 5.91 Å². The molecule has 3 amide bonds. The van der Waals surface area contributed by atoms with Crippen molar-refractivity contribution in [2.75, 3.05) is 24.1 Å². The molecule has 7 aromatic rings. The van der Waals surface area contributed by atoms with Crippen LogP contribution in [0.3, 0.4) is 0 Å². The van der Waals surface area contributed by atoms with E-state index in [0.29, 0.717) is 50.4 Å². The summed E-state index contributed by atoms with van der Waals surface area (Å²) >= 11 is 0. The highest BCUT2D eigenvalue weighted by Crippen LogP contribution is 2.26. The van der Waals surface area contributed by atoms with E-state index in [1.165, 1.54) is 22.6 Å². The van der Waals surface area contributed by atoms with E-state index in [9.17, 15) is 19.2 Å². The van der Waals surface area contributed by atoms with Crippen molar-refractivity contribution < 1.29 is 33.8 Å². The molecule has 0 unspecified atom stereocenters. The topological polar surface area (TPSA) is 183 Å². The van der Waals surface area contributed by atoms with Crippen molar-refractivity contribution in [2.24, 2.45) is 0 Å². The number of aromatic amines is 2. The zero-order valence-corrected chi connectivity index (χ0v) is 42.0. The average Bonchev–Trinajstić information content (AvgIpc) is 3.81. The van der Waals surface area contributed by atoms with Crippen molar-refractivity contribution >= 4 is 69.4 Å². The van der Waals surface area contributed by atoms with Crippen molar-refractivity contribution in [3.8, 4) is 0 Å². The second-order valence-electron chi connectivity index (χ2n) is 19.4. The van der Waals surface area contributed by atoms with E-state index < -0.39 is 17.2 Å². The molecule has 2 heterocycles. The SMILES string of the molecule is Cc1[nH]c2ccccc2c1CCN(Cc1cccc(/C=C/C(=O)Nc2ccccc2N)c1)C(=O)OC(C)(C)C.Cc1[nH]c2ccccc2c1CCN(Cc1cccc(/C=C/C(=O)O)c1)C(=O)OC(C)(C)C. The minimum Gasteiger partial charge on any atom is -0.478 e. The Balaban J connectivity index is 0.000000237. The van der Waals surface area contributed by atoms with Crippen molar-refractivity contribution in [1.82, 2.24) is 19.8 Å². The van der Waals surface area contributed by atoms with Gasteiger partial charge in [0.05, 0.1) is 11.4 Å². The van der Waals surface area contributed by atoms with E-state index in [1.807, 2.05) is 139 Å². The van der Waals surface area contributed by atoms with Gasteiger partial charge in [-0.15, -0.1) is 0 Å². The number of carbonyl (C=O) groups excluding carboxylic acids is 3. The molecule has 0 aliphatic carbocycles. The maximum atomic E-state index is 13.2. The number of aryl methyl sites for hydroxylation is 2. The fourth-order valence-electron chi connectivity index (χ4n) is 8.09. The van der Waals surface area contributed by atoms with Gasteiger partial charge in [-0.05, 0) is 150 Å². The first-order valence-electron chi connectivity index (χ1n) is 23.7. The maximum Gasteiger partial charge on any atom is 0.410 e. The van der Waals surface area contributed by atoms with Gasteiger partial charge in [-0.2, -0.15) is 0 Å². The maximum absolute atomic E-state index is 13.2. The molecule has 370 valence electrons. The Kier molecular flexibility index (Phi) is 17.3. The number of para-hydroxylation sites is 4. The number of aromatic nitrogens is 2. The number of rotatable bonds is 15. The second-order valence-corrected chi connectivity index (χ2v) is 19.4. The highest BCUT2D eigenvalue weighted by Gasteiger charge is 2.25. The fraction of sp³-hybridized carbons (Fsp3) is 0.276. The Bertz CT molecular complexity index is 3040. The van der Waals surface area contributed by atoms with Crippen LogP contribution < -0.4 is 11.1 Å². The van der Waals surface area contributed by atoms with E-state index >= 15 is 0 Å². The summed E-state index contributed by atoms with van der Waals surface area (Å²) in [6, 6.07) is 38.7. The largest absolute Gasteiger partial charge is 0.478 e. The van der Waals surface area contributed by atoms with Gasteiger partial charge in [0.15, 0.2) is 0 Å². The third-order valence-corrected chi connectivity index (χ3v) is 11.3. The molecule has 2 aromatic heterocycles. The second kappa shape index (κ2) is 23.5.